The van der Waals surface area contributed by atoms with Crippen LogP contribution in [0.2, 0.25) is 0 Å². The molecule has 0 spiro atoms. The predicted molar refractivity (Wildman–Crippen MR) is 85.3 cm³/mol. The summed E-state index contributed by atoms with van der Waals surface area (Å²) in [6, 6.07) is 11.3. The summed E-state index contributed by atoms with van der Waals surface area (Å²) in [7, 11) is 0. The van der Waals surface area contributed by atoms with Crippen LogP contribution in [0.3, 0.4) is 0 Å². The third kappa shape index (κ3) is 4.20. The van der Waals surface area contributed by atoms with E-state index in [1.165, 1.54) is 0 Å². The summed E-state index contributed by atoms with van der Waals surface area (Å²) in [5.74, 6) is -0.113. The first kappa shape index (κ1) is 14.8. The van der Waals surface area contributed by atoms with Crippen LogP contribution in [0.15, 0.2) is 48.4 Å². The van der Waals surface area contributed by atoms with Crippen LogP contribution in [0, 0.1) is 11.3 Å². The largest absolute Gasteiger partial charge is 0.380 e. The van der Waals surface area contributed by atoms with Gasteiger partial charge in [0.1, 0.15) is 6.07 Å². The Bertz CT molecular complexity index is 668. The molecule has 2 N–H and O–H groups in total. The quantitative estimate of drug-likeness (QED) is 0.805. The first-order valence-electron chi connectivity index (χ1n) is 6.43. The zero-order valence-electron chi connectivity index (χ0n) is 11.4. The maximum atomic E-state index is 11.7. The van der Waals surface area contributed by atoms with E-state index in [-0.39, 0.29) is 5.91 Å². The monoisotopic (exact) mass is 297 g/mol. The van der Waals surface area contributed by atoms with Crippen LogP contribution in [0.5, 0.6) is 0 Å². The number of carbonyl (C=O) groups is 1. The zero-order chi connectivity index (χ0) is 15.1. The van der Waals surface area contributed by atoms with E-state index in [9.17, 15) is 4.79 Å². The minimum absolute atomic E-state index is 0.113. The van der Waals surface area contributed by atoms with E-state index < -0.39 is 0 Å². The van der Waals surface area contributed by atoms with Gasteiger partial charge in [0.2, 0.25) is 0 Å². The van der Waals surface area contributed by atoms with Crippen molar-refractivity contribution in [1.82, 2.24) is 5.32 Å². The number of carbonyl (C=O) groups excluding carboxylic acids is 1. The van der Waals surface area contributed by atoms with Gasteiger partial charge in [-0.2, -0.15) is 5.26 Å². The van der Waals surface area contributed by atoms with Crippen LogP contribution in [0.25, 0.3) is 0 Å². The fourth-order valence-corrected chi connectivity index (χ4v) is 2.48. The van der Waals surface area contributed by atoms with Gasteiger partial charge in [-0.05, 0) is 30.3 Å². The molecular formula is C16H15N3OS. The van der Waals surface area contributed by atoms with E-state index in [4.69, 9.17) is 5.26 Å². The van der Waals surface area contributed by atoms with Crippen LogP contribution in [-0.2, 0) is 6.54 Å². The van der Waals surface area contributed by atoms with Gasteiger partial charge in [-0.15, -0.1) is 17.9 Å². The molecule has 0 atom stereocenters. The Morgan fingerprint density at radius 3 is 2.76 bits per heavy atom. The van der Waals surface area contributed by atoms with Crippen molar-refractivity contribution in [2.24, 2.45) is 0 Å². The minimum Gasteiger partial charge on any atom is -0.380 e. The molecule has 0 aliphatic carbocycles. The smallest absolute Gasteiger partial charge is 0.251 e. The molecule has 0 saturated carbocycles. The molecule has 4 nitrogen and oxygen atoms in total. The van der Waals surface area contributed by atoms with Crippen molar-refractivity contribution in [1.29, 1.82) is 5.26 Å². The number of rotatable bonds is 6. The van der Waals surface area contributed by atoms with Crippen molar-refractivity contribution >= 4 is 22.9 Å². The van der Waals surface area contributed by atoms with E-state index in [1.807, 2.05) is 23.6 Å². The highest BCUT2D eigenvalue weighted by Gasteiger charge is 2.04. The highest BCUT2D eigenvalue weighted by atomic mass is 32.1. The average Bonchev–Trinajstić information content (AvgIpc) is 2.99. The number of benzene rings is 1. The highest BCUT2D eigenvalue weighted by Crippen LogP contribution is 2.16. The summed E-state index contributed by atoms with van der Waals surface area (Å²) in [5.41, 5.74) is 2.23. The maximum Gasteiger partial charge on any atom is 0.251 e. The van der Waals surface area contributed by atoms with Gasteiger partial charge in [-0.1, -0.05) is 6.08 Å². The van der Waals surface area contributed by atoms with Crippen molar-refractivity contribution in [3.05, 3.63) is 64.4 Å². The van der Waals surface area contributed by atoms with Crippen LogP contribution in [0.4, 0.5) is 5.69 Å². The lowest BCUT2D eigenvalue weighted by molar-refractivity contribution is 0.0958. The molecular weight excluding hydrogens is 282 g/mol. The number of nitriles is 1. The summed E-state index contributed by atoms with van der Waals surface area (Å²) in [4.78, 5) is 12.8. The Kier molecular flexibility index (Phi) is 5.13. The van der Waals surface area contributed by atoms with E-state index in [2.05, 4.69) is 23.3 Å². The van der Waals surface area contributed by atoms with Gasteiger partial charge in [0.25, 0.3) is 5.91 Å². The summed E-state index contributed by atoms with van der Waals surface area (Å²) < 4.78 is 0. The summed E-state index contributed by atoms with van der Waals surface area (Å²) >= 11 is 1.55. The van der Waals surface area contributed by atoms with Crippen LogP contribution >= 0.6 is 11.3 Å². The van der Waals surface area contributed by atoms with Crippen LogP contribution in [-0.4, -0.2) is 12.5 Å². The lowest BCUT2D eigenvalue weighted by Crippen LogP contribution is -2.23. The summed E-state index contributed by atoms with van der Waals surface area (Å²) in [6.45, 7) is 4.68. The Morgan fingerprint density at radius 2 is 2.14 bits per heavy atom. The predicted octanol–water partition coefficient (Wildman–Crippen LogP) is 3.15. The molecule has 2 rings (SSSR count). The lowest BCUT2D eigenvalue weighted by Gasteiger charge is -2.06. The van der Waals surface area contributed by atoms with E-state index >= 15 is 0 Å². The molecule has 0 fully saturated rings. The van der Waals surface area contributed by atoms with Gasteiger partial charge >= 0.3 is 0 Å². The van der Waals surface area contributed by atoms with Crippen molar-refractivity contribution in [3.63, 3.8) is 0 Å². The molecule has 0 aliphatic rings. The van der Waals surface area contributed by atoms with Crippen molar-refractivity contribution < 1.29 is 4.79 Å². The zero-order valence-corrected chi connectivity index (χ0v) is 12.2. The van der Waals surface area contributed by atoms with E-state index in [0.717, 1.165) is 10.6 Å². The Labute approximate surface area is 127 Å². The Hall–Kier alpha value is -2.58. The van der Waals surface area contributed by atoms with Gasteiger partial charge in [-0.25, -0.2) is 0 Å². The van der Waals surface area contributed by atoms with Gasteiger partial charge in [-0.3, -0.25) is 4.79 Å². The first-order chi connectivity index (χ1) is 10.2. The number of amides is 1. The molecule has 1 aromatic heterocycles. The molecule has 0 saturated heterocycles. The van der Waals surface area contributed by atoms with E-state index in [1.54, 1.807) is 29.5 Å². The topological polar surface area (TPSA) is 64.9 Å². The van der Waals surface area contributed by atoms with Crippen LogP contribution < -0.4 is 10.6 Å². The molecule has 2 aromatic rings. The number of anilines is 1. The molecule has 5 heteroatoms. The average molecular weight is 297 g/mol. The van der Waals surface area contributed by atoms with Gasteiger partial charge in [0, 0.05) is 34.6 Å². The molecule has 0 bridgehead atoms. The fourth-order valence-electron chi connectivity index (χ4n) is 1.73. The Morgan fingerprint density at radius 1 is 1.38 bits per heavy atom. The molecule has 0 unspecified atom stereocenters. The SMILES string of the molecule is C=CCNC(=O)c1ccc(NCc2cc(C#N)cs2)cc1. The third-order valence-electron chi connectivity index (χ3n) is 2.80. The molecule has 1 amide bonds. The molecule has 106 valence electrons. The summed E-state index contributed by atoms with van der Waals surface area (Å²) in [5, 5.41) is 16.6. The second-order valence-corrected chi connectivity index (χ2v) is 5.34. The normalized spacial score (nSPS) is 9.67. The number of nitrogens with zero attached hydrogens (tertiary/aromatic N) is 1. The number of nitrogens with one attached hydrogen (secondary N) is 2. The molecule has 1 aromatic carbocycles. The molecule has 0 aliphatic heterocycles. The number of hydrogen-bond acceptors (Lipinski definition) is 4. The third-order valence-corrected chi connectivity index (χ3v) is 3.74. The number of thiophene rings is 1. The molecule has 1 heterocycles. The highest BCUT2D eigenvalue weighted by molar-refractivity contribution is 7.10. The molecule has 21 heavy (non-hydrogen) atoms. The summed E-state index contributed by atoms with van der Waals surface area (Å²) in [6.07, 6.45) is 1.64. The maximum absolute atomic E-state index is 11.7. The van der Waals surface area contributed by atoms with Crippen molar-refractivity contribution in [2.75, 3.05) is 11.9 Å². The second-order valence-electron chi connectivity index (χ2n) is 4.34. The van der Waals surface area contributed by atoms with Crippen molar-refractivity contribution in [3.8, 4) is 6.07 Å². The first-order valence-corrected chi connectivity index (χ1v) is 7.31. The minimum atomic E-state index is -0.113. The van der Waals surface area contributed by atoms with Gasteiger partial charge in [0.05, 0.1) is 5.56 Å². The Balaban J connectivity index is 1.91. The van der Waals surface area contributed by atoms with Crippen molar-refractivity contribution in [2.45, 2.75) is 6.54 Å². The second kappa shape index (κ2) is 7.27. The van der Waals surface area contributed by atoms with Gasteiger partial charge in [0.15, 0.2) is 0 Å². The van der Waals surface area contributed by atoms with Crippen LogP contribution in [0.1, 0.15) is 20.8 Å². The molecule has 0 radical (unpaired) electrons. The number of hydrogen-bond donors (Lipinski definition) is 2. The standard InChI is InChI=1S/C16H15N3OS/c1-2-7-18-16(20)13-3-5-14(6-4-13)19-10-15-8-12(9-17)11-21-15/h2-6,8,11,19H,1,7,10H2,(H,18,20). The van der Waals surface area contributed by atoms with Gasteiger partial charge < -0.3 is 10.6 Å². The van der Waals surface area contributed by atoms with E-state index in [0.29, 0.717) is 24.2 Å². The fraction of sp³-hybridized carbons (Fsp3) is 0.125. The lowest BCUT2D eigenvalue weighted by atomic mass is 10.2.